The van der Waals surface area contributed by atoms with E-state index in [-0.39, 0.29) is 18.9 Å². The van der Waals surface area contributed by atoms with Crippen molar-refractivity contribution in [2.75, 3.05) is 5.32 Å². The lowest BCUT2D eigenvalue weighted by Gasteiger charge is -2.09. The number of halogens is 1. The van der Waals surface area contributed by atoms with E-state index in [4.69, 9.17) is 16.0 Å². The molecule has 0 unspecified atom stereocenters. The summed E-state index contributed by atoms with van der Waals surface area (Å²) < 4.78 is 6.62. The fourth-order valence-corrected chi connectivity index (χ4v) is 3.13. The number of pyridine rings is 1. The number of amides is 1. The van der Waals surface area contributed by atoms with Gasteiger partial charge in [0.2, 0.25) is 5.91 Å². The molecular weight excluding hydrogens is 354 g/mol. The predicted octanol–water partition coefficient (Wildman–Crippen LogP) is 3.82. The molecule has 2 aromatic heterocycles. The first-order valence-electron chi connectivity index (χ1n) is 8.04. The molecule has 4 aromatic rings. The zero-order chi connectivity index (χ0) is 18.1. The molecular formula is C19H14ClN3O3. The van der Waals surface area contributed by atoms with Crippen molar-refractivity contribution >= 4 is 45.2 Å². The Kier molecular flexibility index (Phi) is 4.18. The Hall–Kier alpha value is -3.12. The molecule has 1 N–H and O–H groups in total. The van der Waals surface area contributed by atoms with E-state index in [0.29, 0.717) is 27.3 Å². The van der Waals surface area contributed by atoms with Gasteiger partial charge < -0.3 is 9.73 Å². The normalized spacial score (nSPS) is 11.1. The molecule has 6 nitrogen and oxygen atoms in total. The van der Waals surface area contributed by atoms with Crippen LogP contribution in [0.3, 0.4) is 0 Å². The first-order valence-corrected chi connectivity index (χ1v) is 8.42. The van der Waals surface area contributed by atoms with Crippen molar-refractivity contribution in [2.24, 2.45) is 0 Å². The lowest BCUT2D eigenvalue weighted by molar-refractivity contribution is -0.116. The molecule has 26 heavy (non-hydrogen) atoms. The minimum Gasteiger partial charge on any atom is -0.408 e. The van der Waals surface area contributed by atoms with Crippen molar-refractivity contribution in [2.45, 2.75) is 13.0 Å². The average Bonchev–Trinajstić information content (AvgIpc) is 2.95. The maximum absolute atomic E-state index is 12.4. The number of carbonyl (C=O) groups excluding carboxylic acids is 1. The summed E-state index contributed by atoms with van der Waals surface area (Å²) in [6.07, 6.45) is 1.77. The highest BCUT2D eigenvalue weighted by Gasteiger charge is 2.12. The van der Waals surface area contributed by atoms with Gasteiger partial charge in [-0.25, -0.2) is 4.79 Å². The van der Waals surface area contributed by atoms with E-state index in [9.17, 15) is 9.59 Å². The van der Waals surface area contributed by atoms with E-state index in [0.717, 1.165) is 5.39 Å². The number of aromatic nitrogens is 2. The van der Waals surface area contributed by atoms with Gasteiger partial charge in [-0.05, 0) is 30.3 Å². The van der Waals surface area contributed by atoms with Crippen molar-refractivity contribution in [3.63, 3.8) is 0 Å². The number of rotatable bonds is 4. The van der Waals surface area contributed by atoms with Crippen LogP contribution >= 0.6 is 11.6 Å². The highest BCUT2D eigenvalue weighted by atomic mass is 35.5. The minimum absolute atomic E-state index is 0.115. The van der Waals surface area contributed by atoms with Crippen LogP contribution in [0, 0.1) is 0 Å². The van der Waals surface area contributed by atoms with Crippen LogP contribution in [0.4, 0.5) is 5.69 Å². The van der Waals surface area contributed by atoms with Gasteiger partial charge in [-0.3, -0.25) is 14.3 Å². The molecule has 1 amide bonds. The van der Waals surface area contributed by atoms with E-state index in [1.807, 2.05) is 12.1 Å². The topological polar surface area (TPSA) is 77.1 Å². The van der Waals surface area contributed by atoms with E-state index >= 15 is 0 Å². The largest absolute Gasteiger partial charge is 0.419 e. The molecule has 7 heteroatoms. The Labute approximate surface area is 153 Å². The van der Waals surface area contributed by atoms with Crippen LogP contribution < -0.4 is 11.1 Å². The van der Waals surface area contributed by atoms with Crippen molar-refractivity contribution in [3.05, 3.63) is 70.3 Å². The van der Waals surface area contributed by atoms with Crippen LogP contribution in [0.5, 0.6) is 0 Å². The Morgan fingerprint density at radius 2 is 2.04 bits per heavy atom. The zero-order valence-electron chi connectivity index (χ0n) is 13.6. The Morgan fingerprint density at radius 1 is 1.19 bits per heavy atom. The van der Waals surface area contributed by atoms with Crippen LogP contribution in [0.25, 0.3) is 22.0 Å². The van der Waals surface area contributed by atoms with Gasteiger partial charge in [-0.2, -0.15) is 0 Å². The monoisotopic (exact) mass is 367 g/mol. The van der Waals surface area contributed by atoms with Crippen molar-refractivity contribution in [1.82, 2.24) is 9.55 Å². The van der Waals surface area contributed by atoms with E-state index in [1.165, 1.54) is 4.57 Å². The minimum atomic E-state index is -0.478. The fourth-order valence-electron chi connectivity index (χ4n) is 2.90. The first-order chi connectivity index (χ1) is 12.6. The van der Waals surface area contributed by atoms with Gasteiger partial charge in [0.05, 0.1) is 16.7 Å². The highest BCUT2D eigenvalue weighted by molar-refractivity contribution is 6.32. The number of para-hydroxylation sites is 2. The fraction of sp³-hybridized carbons (Fsp3) is 0.105. The maximum atomic E-state index is 12.4. The molecule has 0 fully saturated rings. The van der Waals surface area contributed by atoms with Gasteiger partial charge in [-0.15, -0.1) is 0 Å². The number of anilines is 1. The smallest absolute Gasteiger partial charge is 0.408 e. The third kappa shape index (κ3) is 3.07. The lowest BCUT2D eigenvalue weighted by Crippen LogP contribution is -2.20. The predicted molar refractivity (Wildman–Crippen MR) is 100 cm³/mol. The molecule has 0 saturated heterocycles. The van der Waals surface area contributed by atoms with E-state index in [1.54, 1.807) is 42.6 Å². The Balaban J connectivity index is 1.55. The van der Waals surface area contributed by atoms with Crippen LogP contribution in [0.2, 0.25) is 5.02 Å². The molecule has 0 spiro atoms. The van der Waals surface area contributed by atoms with Gasteiger partial charge in [0.1, 0.15) is 0 Å². The van der Waals surface area contributed by atoms with Crippen LogP contribution in [-0.2, 0) is 11.3 Å². The van der Waals surface area contributed by atoms with E-state index < -0.39 is 5.76 Å². The molecule has 0 aliphatic carbocycles. The number of aryl methyl sites for hydroxylation is 1. The summed E-state index contributed by atoms with van der Waals surface area (Å²) in [5.74, 6) is -0.717. The molecule has 4 rings (SSSR count). The number of hydrogen-bond donors (Lipinski definition) is 1. The van der Waals surface area contributed by atoms with Gasteiger partial charge in [0.15, 0.2) is 5.58 Å². The maximum Gasteiger partial charge on any atom is 0.419 e. The molecule has 2 aromatic carbocycles. The summed E-state index contributed by atoms with van der Waals surface area (Å²) in [5.41, 5.74) is 2.38. The summed E-state index contributed by atoms with van der Waals surface area (Å²) in [6, 6.07) is 14.2. The SMILES string of the molecule is O=C(CCn1c(=O)oc2ccccc21)Nc1cc(Cl)cc2cccnc12. The van der Waals surface area contributed by atoms with Gasteiger partial charge in [-0.1, -0.05) is 29.8 Å². The van der Waals surface area contributed by atoms with Crippen LogP contribution in [0.15, 0.2) is 63.9 Å². The second-order valence-corrected chi connectivity index (χ2v) is 6.25. The molecule has 0 aliphatic rings. The van der Waals surface area contributed by atoms with Crippen LogP contribution in [-0.4, -0.2) is 15.5 Å². The number of benzene rings is 2. The molecule has 0 radical (unpaired) electrons. The molecule has 0 bridgehead atoms. The zero-order valence-corrected chi connectivity index (χ0v) is 14.4. The van der Waals surface area contributed by atoms with Gasteiger partial charge in [0.25, 0.3) is 0 Å². The summed E-state index contributed by atoms with van der Waals surface area (Å²) in [6.45, 7) is 0.216. The number of hydrogen-bond acceptors (Lipinski definition) is 4. The number of nitrogens with one attached hydrogen (secondary N) is 1. The standard InChI is InChI=1S/C19H14ClN3O3/c20-13-10-12-4-3-8-21-18(12)14(11-13)22-17(24)7-9-23-15-5-1-2-6-16(15)26-19(23)25/h1-6,8,10-11H,7,9H2,(H,22,24). The molecule has 130 valence electrons. The second kappa shape index (κ2) is 6.65. The third-order valence-corrected chi connectivity index (χ3v) is 4.30. The van der Waals surface area contributed by atoms with E-state index in [2.05, 4.69) is 10.3 Å². The Morgan fingerprint density at radius 3 is 2.92 bits per heavy atom. The van der Waals surface area contributed by atoms with Crippen LogP contribution in [0.1, 0.15) is 6.42 Å². The summed E-state index contributed by atoms with van der Waals surface area (Å²) in [5, 5.41) is 4.18. The quantitative estimate of drug-likeness (QED) is 0.594. The van der Waals surface area contributed by atoms with Gasteiger partial charge in [0, 0.05) is 29.6 Å². The summed E-state index contributed by atoms with van der Waals surface area (Å²) >= 11 is 6.11. The van der Waals surface area contributed by atoms with Crippen molar-refractivity contribution < 1.29 is 9.21 Å². The molecule has 0 aliphatic heterocycles. The molecule has 0 saturated carbocycles. The summed E-state index contributed by atoms with van der Waals surface area (Å²) in [4.78, 5) is 28.6. The number of oxazole rings is 1. The number of nitrogens with zero attached hydrogens (tertiary/aromatic N) is 2. The average molecular weight is 368 g/mol. The lowest BCUT2D eigenvalue weighted by atomic mass is 10.2. The van der Waals surface area contributed by atoms with Crippen molar-refractivity contribution in [3.8, 4) is 0 Å². The highest BCUT2D eigenvalue weighted by Crippen LogP contribution is 2.26. The van der Waals surface area contributed by atoms with Crippen molar-refractivity contribution in [1.29, 1.82) is 0 Å². The second-order valence-electron chi connectivity index (χ2n) is 5.81. The molecule has 2 heterocycles. The third-order valence-electron chi connectivity index (χ3n) is 4.08. The number of fused-ring (bicyclic) bond motifs is 2. The van der Waals surface area contributed by atoms with Gasteiger partial charge >= 0.3 is 5.76 Å². The number of carbonyl (C=O) groups is 1. The Bertz CT molecular complexity index is 1180. The summed E-state index contributed by atoms with van der Waals surface area (Å²) in [7, 11) is 0. The first kappa shape index (κ1) is 16.4. The molecule has 0 atom stereocenters.